The summed E-state index contributed by atoms with van der Waals surface area (Å²) in [6.45, 7) is 25.7. The molecule has 0 spiro atoms. The van der Waals surface area contributed by atoms with Gasteiger partial charge in [0.25, 0.3) is 0 Å². The Labute approximate surface area is 244 Å². The van der Waals surface area contributed by atoms with Gasteiger partial charge in [-0.25, -0.2) is 4.79 Å². The lowest BCUT2D eigenvalue weighted by atomic mass is 9.36. The van der Waals surface area contributed by atoms with Crippen LogP contribution in [0.15, 0.2) is 12.2 Å². The van der Waals surface area contributed by atoms with Gasteiger partial charge in [-0.05, 0) is 119 Å². The molecule has 4 bridgehead atoms. The number of carbonyl (C=O) groups excluding carboxylic acids is 1. The van der Waals surface area contributed by atoms with Crippen molar-refractivity contribution in [2.45, 2.75) is 181 Å². The summed E-state index contributed by atoms with van der Waals surface area (Å²) in [5, 5.41) is 21.9. The van der Waals surface area contributed by atoms with Crippen LogP contribution < -0.4 is 0 Å². The zero-order valence-corrected chi connectivity index (χ0v) is 27.5. The van der Waals surface area contributed by atoms with E-state index in [1.807, 2.05) is 41.5 Å². The summed E-state index contributed by atoms with van der Waals surface area (Å²) >= 11 is 0. The SMILES string of the molecule is C=C(C)C(=O)OC12CC3CC(C(CC)(CC)OC(C)C(C)(C)O)(C1)CC(C(CC)(CC)OC(C)C(C)(C)O)(C3)C2. The van der Waals surface area contributed by atoms with Crippen molar-refractivity contribution in [1.82, 2.24) is 0 Å². The van der Waals surface area contributed by atoms with Gasteiger partial charge in [0, 0.05) is 16.4 Å². The lowest BCUT2D eigenvalue weighted by Crippen LogP contribution is -2.73. The molecule has 40 heavy (non-hydrogen) atoms. The van der Waals surface area contributed by atoms with Gasteiger partial charge in [-0.2, -0.15) is 0 Å². The molecule has 0 radical (unpaired) electrons. The number of hydrogen-bond donors (Lipinski definition) is 2. The van der Waals surface area contributed by atoms with E-state index >= 15 is 0 Å². The molecule has 4 aliphatic rings. The highest BCUT2D eigenvalue weighted by atomic mass is 16.6. The molecule has 0 heterocycles. The Morgan fingerprint density at radius 2 is 1.18 bits per heavy atom. The van der Waals surface area contributed by atoms with Gasteiger partial charge in [-0.15, -0.1) is 0 Å². The number of aliphatic hydroxyl groups is 2. The molecule has 232 valence electrons. The van der Waals surface area contributed by atoms with Gasteiger partial charge in [-0.1, -0.05) is 34.3 Å². The summed E-state index contributed by atoms with van der Waals surface area (Å²) in [6.07, 6.45) is 7.83. The van der Waals surface area contributed by atoms with E-state index in [0.717, 1.165) is 64.2 Å². The van der Waals surface area contributed by atoms with E-state index in [-0.39, 0.29) is 29.0 Å². The maximum Gasteiger partial charge on any atom is 0.333 e. The summed E-state index contributed by atoms with van der Waals surface area (Å²) in [4.78, 5) is 13.2. The van der Waals surface area contributed by atoms with Crippen LogP contribution in [0, 0.1) is 16.7 Å². The Morgan fingerprint density at radius 1 is 0.800 bits per heavy atom. The smallest absolute Gasteiger partial charge is 0.333 e. The van der Waals surface area contributed by atoms with Crippen molar-refractivity contribution in [2.75, 3.05) is 0 Å². The Balaban J connectivity index is 2.24. The minimum atomic E-state index is -0.985. The van der Waals surface area contributed by atoms with E-state index in [9.17, 15) is 15.0 Å². The van der Waals surface area contributed by atoms with Gasteiger partial charge in [0.1, 0.15) is 5.60 Å². The van der Waals surface area contributed by atoms with Crippen LogP contribution in [0.1, 0.15) is 140 Å². The molecule has 0 aliphatic heterocycles. The molecular weight excluding hydrogens is 504 g/mol. The van der Waals surface area contributed by atoms with Crippen molar-refractivity contribution in [1.29, 1.82) is 0 Å². The Bertz CT molecular complexity index is 877. The third-order valence-corrected chi connectivity index (χ3v) is 11.7. The molecule has 4 atom stereocenters. The average molecular weight is 565 g/mol. The van der Waals surface area contributed by atoms with Crippen molar-refractivity contribution < 1.29 is 29.2 Å². The largest absolute Gasteiger partial charge is 0.456 e. The first-order valence-electron chi connectivity index (χ1n) is 15.9. The van der Waals surface area contributed by atoms with Crippen molar-refractivity contribution in [3.63, 3.8) is 0 Å². The lowest BCUT2D eigenvalue weighted by Gasteiger charge is -2.73. The quantitative estimate of drug-likeness (QED) is 0.170. The van der Waals surface area contributed by atoms with Crippen molar-refractivity contribution in [3.8, 4) is 0 Å². The number of hydrogen-bond acceptors (Lipinski definition) is 6. The highest BCUT2D eigenvalue weighted by Gasteiger charge is 2.74. The van der Waals surface area contributed by atoms with Gasteiger partial charge in [0.2, 0.25) is 0 Å². The van der Waals surface area contributed by atoms with Crippen molar-refractivity contribution >= 4 is 5.97 Å². The topological polar surface area (TPSA) is 85.2 Å². The molecule has 6 heteroatoms. The highest BCUT2D eigenvalue weighted by Crippen LogP contribution is 2.75. The zero-order valence-electron chi connectivity index (χ0n) is 27.5. The normalized spacial score (nSPS) is 32.2. The van der Waals surface area contributed by atoms with Gasteiger partial charge in [0.05, 0.1) is 34.6 Å². The Hall–Kier alpha value is -0.950. The molecule has 6 nitrogen and oxygen atoms in total. The maximum atomic E-state index is 13.2. The second-order valence-corrected chi connectivity index (χ2v) is 15.2. The minimum Gasteiger partial charge on any atom is -0.456 e. The maximum absolute atomic E-state index is 13.2. The predicted octanol–water partition coefficient (Wildman–Crippen LogP) is 7.28. The number of ether oxygens (including phenoxy) is 3. The lowest BCUT2D eigenvalue weighted by molar-refractivity contribution is -0.328. The monoisotopic (exact) mass is 564 g/mol. The van der Waals surface area contributed by atoms with Crippen LogP contribution in [-0.4, -0.2) is 56.4 Å². The van der Waals surface area contributed by atoms with Gasteiger partial charge in [-0.3, -0.25) is 0 Å². The van der Waals surface area contributed by atoms with E-state index in [1.54, 1.807) is 6.92 Å². The second kappa shape index (κ2) is 11.0. The first-order valence-corrected chi connectivity index (χ1v) is 15.9. The van der Waals surface area contributed by atoms with Gasteiger partial charge >= 0.3 is 5.97 Å². The molecule has 0 amide bonds. The number of carbonyl (C=O) groups is 1. The third-order valence-electron chi connectivity index (χ3n) is 11.7. The minimum absolute atomic E-state index is 0.248. The van der Waals surface area contributed by atoms with Crippen molar-refractivity contribution in [3.05, 3.63) is 12.2 Å². The molecule has 4 aliphatic carbocycles. The van der Waals surface area contributed by atoms with E-state index in [4.69, 9.17) is 14.2 Å². The first-order chi connectivity index (χ1) is 18.2. The Morgan fingerprint density at radius 3 is 1.48 bits per heavy atom. The first kappa shape index (κ1) is 33.6. The average Bonchev–Trinajstić information content (AvgIpc) is 2.82. The van der Waals surface area contributed by atoms with E-state index in [0.29, 0.717) is 11.5 Å². The van der Waals surface area contributed by atoms with Crippen LogP contribution in [0.5, 0.6) is 0 Å². The zero-order chi connectivity index (χ0) is 30.6. The van der Waals surface area contributed by atoms with Crippen LogP contribution in [0.25, 0.3) is 0 Å². The van der Waals surface area contributed by atoms with Gasteiger partial charge < -0.3 is 24.4 Å². The van der Waals surface area contributed by atoms with E-state index < -0.39 is 28.0 Å². The molecule has 0 aromatic rings. The summed E-state index contributed by atoms with van der Waals surface area (Å²) in [5.74, 6) is 0.0483. The molecule has 4 fully saturated rings. The predicted molar refractivity (Wildman–Crippen MR) is 160 cm³/mol. The van der Waals surface area contributed by atoms with Crippen molar-refractivity contribution in [2.24, 2.45) is 16.7 Å². The highest BCUT2D eigenvalue weighted by molar-refractivity contribution is 5.87. The molecule has 0 saturated heterocycles. The molecule has 0 aromatic heterocycles. The molecule has 4 saturated carbocycles. The fourth-order valence-electron chi connectivity index (χ4n) is 9.31. The molecule has 4 unspecified atom stereocenters. The van der Waals surface area contributed by atoms with E-state index in [1.165, 1.54) is 0 Å². The van der Waals surface area contributed by atoms with Crippen LogP contribution >= 0.6 is 0 Å². The second-order valence-electron chi connectivity index (χ2n) is 15.2. The summed E-state index contributed by atoms with van der Waals surface area (Å²) < 4.78 is 20.6. The molecule has 4 rings (SSSR count). The molecule has 2 N–H and O–H groups in total. The van der Waals surface area contributed by atoms with Crippen LogP contribution in [-0.2, 0) is 19.0 Å². The van der Waals surface area contributed by atoms with E-state index in [2.05, 4.69) is 34.3 Å². The standard InChI is InChI=1S/C34H60O6/c1-13-33(14-2,38-24(7)28(9,10)36)30-17-26-18-31(20-30,22-32(19-26,21-30)40-27(35)23(5)6)34(15-3,16-4)39-25(8)29(11,12)37/h24-26,36-37H,5,13-22H2,1-4,6-12H3. The van der Waals surface area contributed by atoms with Crippen LogP contribution in [0.2, 0.25) is 0 Å². The molecule has 0 aromatic carbocycles. The van der Waals surface area contributed by atoms with Gasteiger partial charge in [0.15, 0.2) is 0 Å². The Kier molecular flexibility index (Phi) is 9.19. The molecular formula is C34H60O6. The van der Waals surface area contributed by atoms with Crippen LogP contribution in [0.3, 0.4) is 0 Å². The third kappa shape index (κ3) is 5.56. The fraction of sp³-hybridized carbons (Fsp3) is 0.912. The summed E-state index contributed by atoms with van der Waals surface area (Å²) in [6, 6.07) is 0. The number of rotatable bonds is 14. The number of esters is 1. The summed E-state index contributed by atoms with van der Waals surface area (Å²) in [5.41, 5.74) is -3.65. The summed E-state index contributed by atoms with van der Waals surface area (Å²) in [7, 11) is 0. The fourth-order valence-corrected chi connectivity index (χ4v) is 9.31. The van der Waals surface area contributed by atoms with Crippen LogP contribution in [0.4, 0.5) is 0 Å².